The Labute approximate surface area is 100 Å². The standard InChI is InChI=1S/C8H10O.2H3N.H2O4S.H2O/c9-7-6-8-4-2-1-3-5-8;;;1-5(2,3)4;/h1-5,9H,6-7H2;2*1H3;(H2,1,2,3,4);1H2. The highest BCUT2D eigenvalue weighted by molar-refractivity contribution is 7.79. The number of aliphatic hydroxyl groups is 1. The fraction of sp³-hybridized carbons (Fsp3) is 0.250. The van der Waals surface area contributed by atoms with Gasteiger partial charge in [0, 0.05) is 6.61 Å². The van der Waals surface area contributed by atoms with E-state index in [1.165, 1.54) is 5.56 Å². The fourth-order valence-electron chi connectivity index (χ4n) is 0.774. The highest BCUT2D eigenvalue weighted by atomic mass is 32.3. The van der Waals surface area contributed by atoms with Crippen LogP contribution in [-0.2, 0) is 16.8 Å². The summed E-state index contributed by atoms with van der Waals surface area (Å²) in [6.07, 6.45) is 0.765. The van der Waals surface area contributed by atoms with Crippen LogP contribution in [0.15, 0.2) is 30.3 Å². The van der Waals surface area contributed by atoms with E-state index in [2.05, 4.69) is 0 Å². The molecule has 0 aliphatic rings. The van der Waals surface area contributed by atoms with Crippen LogP contribution in [0.4, 0.5) is 0 Å². The largest absolute Gasteiger partial charge is 0.412 e. The van der Waals surface area contributed by atoms with Gasteiger partial charge in [-0.2, -0.15) is 8.42 Å². The number of hydrogen-bond donors (Lipinski definition) is 5. The van der Waals surface area contributed by atoms with Gasteiger partial charge in [0.15, 0.2) is 0 Å². The Morgan fingerprint density at radius 3 is 1.65 bits per heavy atom. The van der Waals surface area contributed by atoms with Crippen LogP contribution in [0.3, 0.4) is 0 Å². The molecule has 0 aromatic heterocycles. The predicted molar refractivity (Wildman–Crippen MR) is 65.1 cm³/mol. The first-order valence-corrected chi connectivity index (χ1v) is 5.18. The second-order valence-corrected chi connectivity index (χ2v) is 3.30. The zero-order chi connectivity index (χ0) is 11.0. The molecule has 11 N–H and O–H groups in total. The summed E-state index contributed by atoms with van der Waals surface area (Å²) in [5.41, 5.74) is 1.19. The lowest BCUT2D eigenvalue weighted by molar-refractivity contribution is 0.299. The van der Waals surface area contributed by atoms with Crippen molar-refractivity contribution in [2.24, 2.45) is 0 Å². The van der Waals surface area contributed by atoms with Crippen LogP contribution >= 0.6 is 0 Å². The van der Waals surface area contributed by atoms with E-state index in [9.17, 15) is 0 Å². The van der Waals surface area contributed by atoms with Crippen LogP contribution in [0, 0.1) is 0 Å². The van der Waals surface area contributed by atoms with Crippen molar-refractivity contribution in [1.82, 2.24) is 12.3 Å². The molecular weight excluding hydrogens is 252 g/mol. The van der Waals surface area contributed by atoms with E-state index in [0.29, 0.717) is 0 Å². The lowest BCUT2D eigenvalue weighted by atomic mass is 10.2. The maximum absolute atomic E-state index is 8.74. The molecule has 0 heterocycles. The first kappa shape index (κ1) is 24.9. The summed E-state index contributed by atoms with van der Waals surface area (Å²) in [7, 11) is -4.67. The second-order valence-electron chi connectivity index (χ2n) is 2.41. The summed E-state index contributed by atoms with van der Waals surface area (Å²) >= 11 is 0. The molecule has 0 fully saturated rings. The van der Waals surface area contributed by atoms with E-state index in [4.69, 9.17) is 22.6 Å². The second kappa shape index (κ2) is 13.0. The van der Waals surface area contributed by atoms with Gasteiger partial charge in [-0.15, -0.1) is 0 Å². The van der Waals surface area contributed by atoms with Gasteiger partial charge in [0.25, 0.3) is 0 Å². The molecule has 0 saturated heterocycles. The molecule has 0 spiro atoms. The molecule has 0 radical (unpaired) electrons. The maximum Gasteiger partial charge on any atom is 0.394 e. The van der Waals surface area contributed by atoms with Crippen LogP contribution in [0.25, 0.3) is 0 Å². The normalized spacial score (nSPS) is 8.41. The number of hydrogen-bond acceptors (Lipinski definition) is 5. The Balaban J connectivity index is -0.0000000948. The lowest BCUT2D eigenvalue weighted by Crippen LogP contribution is -1.89. The van der Waals surface area contributed by atoms with Crippen LogP contribution < -0.4 is 12.3 Å². The average Bonchev–Trinajstić information content (AvgIpc) is 2.03. The molecule has 0 saturated carbocycles. The highest BCUT2D eigenvalue weighted by Crippen LogP contribution is 1.97. The molecule has 0 bridgehead atoms. The first-order valence-electron chi connectivity index (χ1n) is 3.78. The molecule has 0 atom stereocenters. The van der Waals surface area contributed by atoms with Crippen LogP contribution in [0.5, 0.6) is 0 Å². The number of rotatable bonds is 2. The van der Waals surface area contributed by atoms with Crippen molar-refractivity contribution in [3.8, 4) is 0 Å². The van der Waals surface area contributed by atoms with Gasteiger partial charge in [-0.1, -0.05) is 30.3 Å². The quantitative estimate of drug-likeness (QED) is 0.469. The Kier molecular flexibility index (Phi) is 19.1. The minimum atomic E-state index is -4.67. The highest BCUT2D eigenvalue weighted by Gasteiger charge is 1.85. The smallest absolute Gasteiger partial charge is 0.394 e. The van der Waals surface area contributed by atoms with E-state index >= 15 is 0 Å². The van der Waals surface area contributed by atoms with Crippen LogP contribution in [-0.4, -0.2) is 34.7 Å². The SMILES string of the molecule is N.N.O.O=S(=O)(O)O.OCCc1ccccc1. The third kappa shape index (κ3) is 25.3. The summed E-state index contributed by atoms with van der Waals surface area (Å²) < 4.78 is 31.6. The zero-order valence-corrected chi connectivity index (χ0v) is 10.1. The van der Waals surface area contributed by atoms with Gasteiger partial charge in [-0.05, 0) is 12.0 Å². The molecular formula is C8H20N2O6S. The fourth-order valence-corrected chi connectivity index (χ4v) is 0.774. The third-order valence-electron chi connectivity index (χ3n) is 1.24. The van der Waals surface area contributed by atoms with Gasteiger partial charge in [-0.3, -0.25) is 9.11 Å². The van der Waals surface area contributed by atoms with Gasteiger partial charge < -0.3 is 22.9 Å². The van der Waals surface area contributed by atoms with Crippen molar-refractivity contribution in [3.05, 3.63) is 35.9 Å². The van der Waals surface area contributed by atoms with Crippen molar-refractivity contribution in [2.75, 3.05) is 6.61 Å². The minimum Gasteiger partial charge on any atom is -0.412 e. The van der Waals surface area contributed by atoms with Gasteiger partial charge >= 0.3 is 10.4 Å². The zero-order valence-electron chi connectivity index (χ0n) is 9.28. The number of aliphatic hydroxyl groups excluding tert-OH is 1. The summed E-state index contributed by atoms with van der Waals surface area (Å²) in [5, 5.41) is 8.52. The predicted octanol–water partition coefficient (Wildman–Crippen LogP) is 0.0679. The molecule has 0 amide bonds. The molecule has 8 nitrogen and oxygen atoms in total. The Bertz CT molecular complexity index is 334. The molecule has 0 aliphatic carbocycles. The van der Waals surface area contributed by atoms with E-state index in [0.717, 1.165) is 6.42 Å². The van der Waals surface area contributed by atoms with Crippen LogP contribution in [0.1, 0.15) is 5.56 Å². The molecule has 1 aromatic rings. The van der Waals surface area contributed by atoms with Crippen molar-refractivity contribution in [3.63, 3.8) is 0 Å². The molecule has 104 valence electrons. The third-order valence-corrected chi connectivity index (χ3v) is 1.24. The Morgan fingerprint density at radius 2 is 1.35 bits per heavy atom. The monoisotopic (exact) mass is 272 g/mol. The van der Waals surface area contributed by atoms with Gasteiger partial charge in [-0.25, -0.2) is 0 Å². The lowest BCUT2D eigenvalue weighted by Gasteiger charge is -1.93. The summed E-state index contributed by atoms with van der Waals surface area (Å²) in [6.45, 7) is 0.240. The van der Waals surface area contributed by atoms with E-state index in [1.54, 1.807) is 0 Å². The van der Waals surface area contributed by atoms with E-state index in [1.807, 2.05) is 30.3 Å². The van der Waals surface area contributed by atoms with Crippen LogP contribution in [0.2, 0.25) is 0 Å². The van der Waals surface area contributed by atoms with Crippen molar-refractivity contribution < 1.29 is 28.1 Å². The Morgan fingerprint density at radius 1 is 1.00 bits per heavy atom. The maximum atomic E-state index is 8.74. The van der Waals surface area contributed by atoms with E-state index in [-0.39, 0.29) is 24.4 Å². The van der Waals surface area contributed by atoms with Gasteiger partial charge in [0.2, 0.25) is 0 Å². The van der Waals surface area contributed by atoms with Gasteiger partial charge in [0.05, 0.1) is 0 Å². The first-order chi connectivity index (χ1) is 6.43. The molecule has 9 heteroatoms. The molecule has 0 unspecified atom stereocenters. The average molecular weight is 272 g/mol. The van der Waals surface area contributed by atoms with Crippen molar-refractivity contribution in [2.45, 2.75) is 6.42 Å². The molecule has 17 heavy (non-hydrogen) atoms. The molecule has 0 aliphatic heterocycles. The van der Waals surface area contributed by atoms with Crippen molar-refractivity contribution >= 4 is 10.4 Å². The Hall–Kier alpha value is -1.07. The molecule has 1 rings (SSSR count). The van der Waals surface area contributed by atoms with E-state index < -0.39 is 10.4 Å². The van der Waals surface area contributed by atoms with Crippen molar-refractivity contribution in [1.29, 1.82) is 0 Å². The molecule has 1 aromatic carbocycles. The summed E-state index contributed by atoms with van der Waals surface area (Å²) in [4.78, 5) is 0. The summed E-state index contributed by atoms with van der Waals surface area (Å²) in [5.74, 6) is 0. The van der Waals surface area contributed by atoms with Gasteiger partial charge in [0.1, 0.15) is 0 Å². The number of benzene rings is 1. The topological polar surface area (TPSA) is 196 Å². The summed E-state index contributed by atoms with van der Waals surface area (Å²) in [6, 6.07) is 9.95. The minimum absolute atomic E-state index is 0.